The average molecular weight is 327 g/mol. The highest BCUT2D eigenvalue weighted by Crippen LogP contribution is 2.23. The van der Waals surface area contributed by atoms with Crippen molar-refractivity contribution in [1.29, 1.82) is 0 Å². The lowest BCUT2D eigenvalue weighted by Gasteiger charge is -2.33. The van der Waals surface area contributed by atoms with Gasteiger partial charge in [0.15, 0.2) is 0 Å². The minimum absolute atomic E-state index is 0.0767. The van der Waals surface area contributed by atoms with Crippen molar-refractivity contribution in [3.05, 3.63) is 47.8 Å². The second-order valence-corrected chi connectivity index (χ2v) is 6.01. The van der Waals surface area contributed by atoms with Crippen LogP contribution in [0.5, 0.6) is 0 Å². The number of piperidine rings is 1. The molecule has 2 amide bonds. The van der Waals surface area contributed by atoms with Gasteiger partial charge in [-0.2, -0.15) is 5.10 Å². The molecule has 0 unspecified atom stereocenters. The van der Waals surface area contributed by atoms with Crippen LogP contribution in [0, 0.1) is 5.92 Å². The van der Waals surface area contributed by atoms with Gasteiger partial charge in [-0.1, -0.05) is 12.1 Å². The molecule has 1 aliphatic heterocycles. The van der Waals surface area contributed by atoms with Crippen molar-refractivity contribution in [3.63, 3.8) is 0 Å². The van der Waals surface area contributed by atoms with Gasteiger partial charge in [0.2, 0.25) is 5.91 Å². The second-order valence-electron chi connectivity index (χ2n) is 6.01. The standard InChI is InChI=1S/C17H21N5O2/c18-16(23)13-2-1-9-22(11-13)14-5-3-12(4-6-14)10-19-17(24)15-7-8-20-21-15/h3-8,13H,1-2,9-11H2,(H2,18,23)(H,19,24)(H,20,21)/t13-/m1/s1. The maximum absolute atomic E-state index is 11.9. The summed E-state index contributed by atoms with van der Waals surface area (Å²) in [7, 11) is 0. The predicted octanol–water partition coefficient (Wildman–Crippen LogP) is 1.04. The summed E-state index contributed by atoms with van der Waals surface area (Å²) >= 11 is 0. The second kappa shape index (κ2) is 7.16. The van der Waals surface area contributed by atoms with Crippen molar-refractivity contribution >= 4 is 17.5 Å². The molecular weight excluding hydrogens is 306 g/mol. The molecular formula is C17H21N5O2. The van der Waals surface area contributed by atoms with Crippen molar-refractivity contribution in [3.8, 4) is 0 Å². The van der Waals surface area contributed by atoms with Crippen molar-refractivity contribution in [2.24, 2.45) is 11.7 Å². The molecule has 4 N–H and O–H groups in total. The summed E-state index contributed by atoms with van der Waals surface area (Å²) < 4.78 is 0. The molecule has 0 aliphatic carbocycles. The number of benzene rings is 1. The number of hydrogen-bond donors (Lipinski definition) is 3. The van der Waals surface area contributed by atoms with Gasteiger partial charge in [0.05, 0.1) is 5.92 Å². The van der Waals surface area contributed by atoms with E-state index in [1.165, 1.54) is 0 Å². The van der Waals surface area contributed by atoms with Crippen LogP contribution in [0.1, 0.15) is 28.9 Å². The van der Waals surface area contributed by atoms with E-state index in [2.05, 4.69) is 20.4 Å². The number of nitrogens with zero attached hydrogens (tertiary/aromatic N) is 2. The molecule has 1 saturated heterocycles. The zero-order chi connectivity index (χ0) is 16.9. The van der Waals surface area contributed by atoms with E-state index in [0.717, 1.165) is 30.6 Å². The lowest BCUT2D eigenvalue weighted by molar-refractivity contribution is -0.122. The number of hydrogen-bond acceptors (Lipinski definition) is 4. The fourth-order valence-corrected chi connectivity index (χ4v) is 2.93. The average Bonchev–Trinajstić information content (AvgIpc) is 3.15. The Hall–Kier alpha value is -2.83. The molecule has 24 heavy (non-hydrogen) atoms. The Morgan fingerprint density at radius 2 is 2.08 bits per heavy atom. The third-order valence-electron chi connectivity index (χ3n) is 4.32. The van der Waals surface area contributed by atoms with E-state index < -0.39 is 0 Å². The van der Waals surface area contributed by atoms with Crippen molar-refractivity contribution in [1.82, 2.24) is 15.5 Å². The van der Waals surface area contributed by atoms with Crippen LogP contribution >= 0.6 is 0 Å². The van der Waals surface area contributed by atoms with Gasteiger partial charge in [-0.25, -0.2) is 0 Å². The van der Waals surface area contributed by atoms with Crippen LogP contribution < -0.4 is 16.0 Å². The number of carbonyl (C=O) groups is 2. The van der Waals surface area contributed by atoms with Gasteiger partial charge in [-0.15, -0.1) is 0 Å². The van der Waals surface area contributed by atoms with E-state index in [4.69, 9.17) is 5.73 Å². The Morgan fingerprint density at radius 3 is 2.75 bits per heavy atom. The molecule has 7 nitrogen and oxygen atoms in total. The molecule has 0 saturated carbocycles. The zero-order valence-corrected chi connectivity index (χ0v) is 13.4. The first kappa shape index (κ1) is 16.0. The molecule has 1 aromatic carbocycles. The van der Waals surface area contributed by atoms with Crippen LogP contribution in [0.4, 0.5) is 5.69 Å². The topological polar surface area (TPSA) is 104 Å². The van der Waals surface area contributed by atoms with Gasteiger partial charge in [0.25, 0.3) is 5.91 Å². The first-order valence-electron chi connectivity index (χ1n) is 8.04. The fourth-order valence-electron chi connectivity index (χ4n) is 2.93. The Balaban J connectivity index is 1.57. The number of H-pyrrole nitrogens is 1. The molecule has 1 aliphatic rings. The van der Waals surface area contributed by atoms with Crippen molar-refractivity contribution in [2.45, 2.75) is 19.4 Å². The monoisotopic (exact) mass is 327 g/mol. The summed E-state index contributed by atoms with van der Waals surface area (Å²) in [6, 6.07) is 9.62. The third kappa shape index (κ3) is 3.73. The summed E-state index contributed by atoms with van der Waals surface area (Å²) in [5, 5.41) is 9.23. The molecule has 0 spiro atoms. The van der Waals surface area contributed by atoms with E-state index >= 15 is 0 Å². The lowest BCUT2D eigenvalue weighted by atomic mass is 9.97. The summed E-state index contributed by atoms with van der Waals surface area (Å²) in [4.78, 5) is 25.4. The third-order valence-corrected chi connectivity index (χ3v) is 4.32. The van der Waals surface area contributed by atoms with E-state index in [1.54, 1.807) is 12.3 Å². The van der Waals surface area contributed by atoms with Crippen LogP contribution in [0.2, 0.25) is 0 Å². The number of primary amides is 1. The van der Waals surface area contributed by atoms with Crippen LogP contribution in [-0.2, 0) is 11.3 Å². The molecule has 1 aromatic heterocycles. The van der Waals surface area contributed by atoms with Crippen LogP contribution in [0.3, 0.4) is 0 Å². The SMILES string of the molecule is NC(=O)[C@@H]1CCCN(c2ccc(CNC(=O)c3ccn[nH]3)cc2)C1. The number of aromatic amines is 1. The summed E-state index contributed by atoms with van der Waals surface area (Å²) in [6.45, 7) is 2.05. The number of nitrogens with two attached hydrogens (primary N) is 1. The van der Waals surface area contributed by atoms with Gasteiger partial charge in [-0.3, -0.25) is 14.7 Å². The highest BCUT2D eigenvalue weighted by atomic mass is 16.2. The van der Waals surface area contributed by atoms with Crippen LogP contribution in [-0.4, -0.2) is 35.1 Å². The molecule has 1 fully saturated rings. The summed E-state index contributed by atoms with van der Waals surface area (Å²) in [5.41, 5.74) is 7.95. The predicted molar refractivity (Wildman–Crippen MR) is 90.3 cm³/mol. The van der Waals surface area contributed by atoms with Gasteiger partial charge in [0.1, 0.15) is 5.69 Å². The first-order valence-corrected chi connectivity index (χ1v) is 8.04. The zero-order valence-electron chi connectivity index (χ0n) is 13.4. The van der Waals surface area contributed by atoms with E-state index in [-0.39, 0.29) is 17.7 Å². The fraction of sp³-hybridized carbons (Fsp3) is 0.353. The van der Waals surface area contributed by atoms with E-state index in [0.29, 0.717) is 18.8 Å². The van der Waals surface area contributed by atoms with Crippen molar-refractivity contribution in [2.75, 3.05) is 18.0 Å². The quantitative estimate of drug-likeness (QED) is 0.763. The smallest absolute Gasteiger partial charge is 0.269 e. The van der Waals surface area contributed by atoms with E-state index in [1.807, 2.05) is 24.3 Å². The number of anilines is 1. The van der Waals surface area contributed by atoms with Crippen molar-refractivity contribution < 1.29 is 9.59 Å². The molecule has 0 radical (unpaired) electrons. The highest BCUT2D eigenvalue weighted by Gasteiger charge is 2.23. The Bertz CT molecular complexity index is 696. The number of nitrogens with one attached hydrogen (secondary N) is 2. The normalized spacial score (nSPS) is 17.5. The number of carbonyl (C=O) groups excluding carboxylic acids is 2. The number of rotatable bonds is 5. The maximum atomic E-state index is 11.9. The van der Waals surface area contributed by atoms with E-state index in [9.17, 15) is 9.59 Å². The summed E-state index contributed by atoms with van der Waals surface area (Å²) in [6.07, 6.45) is 3.38. The molecule has 2 heterocycles. The van der Waals surface area contributed by atoms with Gasteiger partial charge >= 0.3 is 0 Å². The lowest BCUT2D eigenvalue weighted by Crippen LogP contribution is -2.41. The Morgan fingerprint density at radius 1 is 1.29 bits per heavy atom. The van der Waals surface area contributed by atoms with Crippen LogP contribution in [0.25, 0.3) is 0 Å². The van der Waals surface area contributed by atoms with Gasteiger partial charge in [-0.05, 0) is 36.6 Å². The highest BCUT2D eigenvalue weighted by molar-refractivity contribution is 5.92. The van der Waals surface area contributed by atoms with Gasteiger partial charge in [0, 0.05) is 31.5 Å². The largest absolute Gasteiger partial charge is 0.371 e. The molecule has 2 aromatic rings. The molecule has 3 rings (SSSR count). The van der Waals surface area contributed by atoms with Crippen LogP contribution in [0.15, 0.2) is 36.5 Å². The Labute approximate surface area is 140 Å². The molecule has 0 bridgehead atoms. The summed E-state index contributed by atoms with van der Waals surface area (Å²) in [5.74, 6) is -0.484. The Kier molecular flexibility index (Phi) is 4.79. The first-order chi connectivity index (χ1) is 11.6. The number of aromatic nitrogens is 2. The molecule has 1 atom stereocenters. The minimum Gasteiger partial charge on any atom is -0.371 e. The molecule has 7 heteroatoms. The van der Waals surface area contributed by atoms with Gasteiger partial charge < -0.3 is 16.0 Å². The maximum Gasteiger partial charge on any atom is 0.269 e. The minimum atomic E-state index is -0.224. The number of amides is 2. The molecule has 126 valence electrons.